The molecule has 1 atom stereocenters. The van der Waals surface area contributed by atoms with E-state index in [0.29, 0.717) is 12.7 Å². The highest BCUT2D eigenvalue weighted by atomic mass is 32.1. The van der Waals surface area contributed by atoms with Gasteiger partial charge in [-0.05, 0) is 24.3 Å². The lowest BCUT2D eigenvalue weighted by atomic mass is 10.2. The van der Waals surface area contributed by atoms with E-state index in [2.05, 4.69) is 4.98 Å². The van der Waals surface area contributed by atoms with E-state index in [1.165, 1.54) is 0 Å². The number of nitrogens with zero attached hydrogens (tertiary/aromatic N) is 1. The summed E-state index contributed by atoms with van der Waals surface area (Å²) in [5.41, 5.74) is 3.97. The molecule has 1 aromatic carbocycles. The smallest absolute Gasteiger partial charge is 0.119 e. The molecule has 0 spiro atoms. The van der Waals surface area contributed by atoms with Gasteiger partial charge in [0.1, 0.15) is 18.5 Å². The summed E-state index contributed by atoms with van der Waals surface area (Å²) in [5.74, 6) is 0.884. The first-order valence-corrected chi connectivity index (χ1v) is 6.09. The van der Waals surface area contributed by atoms with Crippen molar-refractivity contribution in [3.05, 3.63) is 35.2 Å². The first-order chi connectivity index (χ1) is 7.92. The van der Waals surface area contributed by atoms with Gasteiger partial charge in [0, 0.05) is 10.9 Å². The number of epoxide rings is 1. The van der Waals surface area contributed by atoms with Gasteiger partial charge in [-0.3, -0.25) is 0 Å². The predicted octanol–water partition coefficient (Wildman–Crippen LogP) is 2.59. The SMILES string of the molecule is c1nc(-c2ccc(OCC3CO3)cc2)cs1. The van der Waals surface area contributed by atoms with Gasteiger partial charge in [-0.2, -0.15) is 0 Å². The fourth-order valence-corrected chi connectivity index (χ4v) is 1.99. The van der Waals surface area contributed by atoms with Gasteiger partial charge in [-0.15, -0.1) is 11.3 Å². The van der Waals surface area contributed by atoms with Crippen LogP contribution in [0, 0.1) is 0 Å². The van der Waals surface area contributed by atoms with Gasteiger partial charge in [-0.25, -0.2) is 4.98 Å². The first-order valence-electron chi connectivity index (χ1n) is 5.15. The third kappa shape index (κ3) is 2.23. The Morgan fingerprint density at radius 3 is 2.81 bits per heavy atom. The molecule has 1 saturated heterocycles. The van der Waals surface area contributed by atoms with Crippen LogP contribution in [0.25, 0.3) is 11.3 Å². The van der Waals surface area contributed by atoms with Crippen LogP contribution < -0.4 is 4.74 Å². The van der Waals surface area contributed by atoms with Crippen molar-refractivity contribution in [2.45, 2.75) is 6.10 Å². The van der Waals surface area contributed by atoms with Crippen molar-refractivity contribution in [3.63, 3.8) is 0 Å². The van der Waals surface area contributed by atoms with E-state index in [-0.39, 0.29) is 0 Å². The quantitative estimate of drug-likeness (QED) is 0.761. The van der Waals surface area contributed by atoms with Crippen LogP contribution in [0.2, 0.25) is 0 Å². The molecule has 3 nitrogen and oxygen atoms in total. The Labute approximate surface area is 97.7 Å². The molecule has 2 heterocycles. The van der Waals surface area contributed by atoms with Crippen molar-refractivity contribution in [3.8, 4) is 17.0 Å². The van der Waals surface area contributed by atoms with Crippen molar-refractivity contribution in [2.75, 3.05) is 13.2 Å². The average Bonchev–Trinajstić information content (AvgIpc) is 3.00. The highest BCUT2D eigenvalue weighted by Crippen LogP contribution is 2.22. The summed E-state index contributed by atoms with van der Waals surface area (Å²) in [6.07, 6.45) is 0.304. The molecule has 1 aromatic heterocycles. The molecule has 0 saturated carbocycles. The van der Waals surface area contributed by atoms with Gasteiger partial charge < -0.3 is 9.47 Å². The Morgan fingerprint density at radius 1 is 1.38 bits per heavy atom. The summed E-state index contributed by atoms with van der Waals surface area (Å²) < 4.78 is 10.6. The highest BCUT2D eigenvalue weighted by Gasteiger charge is 2.22. The minimum atomic E-state index is 0.304. The van der Waals surface area contributed by atoms with Crippen LogP contribution >= 0.6 is 11.3 Å². The molecule has 0 aliphatic carbocycles. The normalized spacial score (nSPS) is 18.4. The lowest BCUT2D eigenvalue weighted by Crippen LogP contribution is -2.03. The zero-order valence-electron chi connectivity index (χ0n) is 8.63. The molecule has 16 heavy (non-hydrogen) atoms. The Morgan fingerprint density at radius 2 is 2.19 bits per heavy atom. The molecule has 0 radical (unpaired) electrons. The molecule has 2 aromatic rings. The molecule has 0 N–H and O–H groups in total. The second kappa shape index (κ2) is 4.23. The van der Waals surface area contributed by atoms with Crippen LogP contribution in [-0.4, -0.2) is 24.3 Å². The zero-order chi connectivity index (χ0) is 10.8. The fourth-order valence-electron chi connectivity index (χ4n) is 1.43. The standard InChI is InChI=1S/C12H11NO2S/c1-3-10(14-5-11-6-15-11)4-2-9(1)12-7-16-8-13-12/h1-4,7-8,11H,5-6H2. The number of hydrogen-bond acceptors (Lipinski definition) is 4. The van der Waals surface area contributed by atoms with Crippen molar-refractivity contribution in [2.24, 2.45) is 0 Å². The van der Waals surface area contributed by atoms with E-state index in [0.717, 1.165) is 23.6 Å². The minimum absolute atomic E-state index is 0.304. The summed E-state index contributed by atoms with van der Waals surface area (Å²) in [6, 6.07) is 7.99. The number of rotatable bonds is 4. The first kappa shape index (κ1) is 9.81. The fraction of sp³-hybridized carbons (Fsp3) is 0.250. The number of benzene rings is 1. The zero-order valence-corrected chi connectivity index (χ0v) is 9.44. The number of thiazole rings is 1. The summed E-state index contributed by atoms with van der Waals surface area (Å²) in [7, 11) is 0. The van der Waals surface area contributed by atoms with Crippen LogP contribution in [0.1, 0.15) is 0 Å². The van der Waals surface area contributed by atoms with Gasteiger partial charge in [0.2, 0.25) is 0 Å². The molecule has 1 fully saturated rings. The predicted molar refractivity (Wildman–Crippen MR) is 62.8 cm³/mol. The Kier molecular flexibility index (Phi) is 2.60. The molecule has 0 bridgehead atoms. The maximum absolute atomic E-state index is 5.56. The van der Waals surface area contributed by atoms with Crippen LogP contribution in [0.3, 0.4) is 0 Å². The summed E-state index contributed by atoms with van der Waals surface area (Å²) in [6.45, 7) is 1.48. The number of ether oxygens (including phenoxy) is 2. The summed E-state index contributed by atoms with van der Waals surface area (Å²) >= 11 is 1.60. The summed E-state index contributed by atoms with van der Waals surface area (Å²) in [4.78, 5) is 4.26. The van der Waals surface area contributed by atoms with Gasteiger partial charge in [0.25, 0.3) is 0 Å². The van der Waals surface area contributed by atoms with Gasteiger partial charge >= 0.3 is 0 Å². The maximum Gasteiger partial charge on any atom is 0.119 e. The average molecular weight is 233 g/mol. The van der Waals surface area contributed by atoms with Gasteiger partial charge in [0.15, 0.2) is 0 Å². The third-order valence-corrected chi connectivity index (χ3v) is 3.01. The molecule has 1 aliphatic heterocycles. The second-order valence-corrected chi connectivity index (χ2v) is 4.38. The molecule has 82 valence electrons. The van der Waals surface area contributed by atoms with E-state index in [1.54, 1.807) is 11.3 Å². The number of aromatic nitrogens is 1. The monoisotopic (exact) mass is 233 g/mol. The highest BCUT2D eigenvalue weighted by molar-refractivity contribution is 7.07. The van der Waals surface area contributed by atoms with E-state index in [4.69, 9.17) is 9.47 Å². The molecule has 4 heteroatoms. The van der Waals surface area contributed by atoms with Gasteiger partial charge in [0.05, 0.1) is 17.8 Å². The third-order valence-electron chi connectivity index (χ3n) is 2.42. The largest absolute Gasteiger partial charge is 0.491 e. The van der Waals surface area contributed by atoms with Crippen LogP contribution in [0.5, 0.6) is 5.75 Å². The Hall–Kier alpha value is -1.39. The molecule has 1 unspecified atom stereocenters. The van der Waals surface area contributed by atoms with Crippen molar-refractivity contribution >= 4 is 11.3 Å². The van der Waals surface area contributed by atoms with E-state index in [1.807, 2.05) is 35.2 Å². The molecule has 1 aliphatic rings. The topological polar surface area (TPSA) is 34.6 Å². The molecular weight excluding hydrogens is 222 g/mol. The maximum atomic E-state index is 5.56. The number of hydrogen-bond donors (Lipinski definition) is 0. The van der Waals surface area contributed by atoms with Crippen molar-refractivity contribution < 1.29 is 9.47 Å². The van der Waals surface area contributed by atoms with Crippen molar-refractivity contribution in [1.82, 2.24) is 4.98 Å². The van der Waals surface area contributed by atoms with E-state index in [9.17, 15) is 0 Å². The minimum Gasteiger partial charge on any atom is -0.491 e. The second-order valence-electron chi connectivity index (χ2n) is 3.66. The Bertz CT molecular complexity index is 448. The molecular formula is C12H11NO2S. The Balaban J connectivity index is 1.69. The van der Waals surface area contributed by atoms with Crippen molar-refractivity contribution in [1.29, 1.82) is 0 Å². The van der Waals surface area contributed by atoms with Crippen LogP contribution in [0.15, 0.2) is 35.2 Å². The summed E-state index contributed by atoms with van der Waals surface area (Å²) in [5, 5.41) is 2.04. The lowest BCUT2D eigenvalue weighted by Gasteiger charge is -2.04. The molecule has 3 rings (SSSR count). The van der Waals surface area contributed by atoms with E-state index >= 15 is 0 Å². The van der Waals surface area contributed by atoms with Crippen LogP contribution in [-0.2, 0) is 4.74 Å². The molecule has 0 amide bonds. The van der Waals surface area contributed by atoms with E-state index < -0.39 is 0 Å². The van der Waals surface area contributed by atoms with Gasteiger partial charge in [-0.1, -0.05) is 0 Å². The van der Waals surface area contributed by atoms with Crippen LogP contribution in [0.4, 0.5) is 0 Å². The lowest BCUT2D eigenvalue weighted by molar-refractivity contribution is 0.263.